The van der Waals surface area contributed by atoms with E-state index in [0.717, 1.165) is 19.6 Å². The third-order valence-corrected chi connectivity index (χ3v) is 2.74. The SMILES string of the molecule is N[C@@H]1CN(Cc2ccccc2)C[C@@H]1N. The fourth-order valence-electron chi connectivity index (χ4n) is 1.91. The highest BCUT2D eigenvalue weighted by molar-refractivity contribution is 5.14. The molecule has 1 heterocycles. The number of rotatable bonds is 2. The van der Waals surface area contributed by atoms with Crippen molar-refractivity contribution in [3.05, 3.63) is 35.9 Å². The minimum atomic E-state index is 0.138. The fraction of sp³-hybridized carbons (Fsp3) is 0.455. The van der Waals surface area contributed by atoms with Crippen molar-refractivity contribution >= 4 is 0 Å². The van der Waals surface area contributed by atoms with Crippen molar-refractivity contribution in [3.8, 4) is 0 Å². The highest BCUT2D eigenvalue weighted by Gasteiger charge is 2.26. The van der Waals surface area contributed by atoms with E-state index in [1.165, 1.54) is 5.56 Å². The largest absolute Gasteiger partial charge is 0.325 e. The van der Waals surface area contributed by atoms with E-state index in [0.29, 0.717) is 0 Å². The van der Waals surface area contributed by atoms with Gasteiger partial charge in [-0.05, 0) is 5.56 Å². The van der Waals surface area contributed by atoms with Crippen molar-refractivity contribution in [1.82, 2.24) is 4.90 Å². The van der Waals surface area contributed by atoms with Crippen LogP contribution in [0.4, 0.5) is 0 Å². The zero-order valence-electron chi connectivity index (χ0n) is 8.26. The van der Waals surface area contributed by atoms with Gasteiger partial charge in [0, 0.05) is 31.7 Å². The third kappa shape index (κ3) is 2.12. The normalized spacial score (nSPS) is 28.1. The average Bonchev–Trinajstić information content (AvgIpc) is 2.47. The average molecular weight is 191 g/mol. The fourth-order valence-corrected chi connectivity index (χ4v) is 1.91. The molecular weight excluding hydrogens is 174 g/mol. The molecule has 0 amide bonds. The molecule has 3 heteroatoms. The maximum Gasteiger partial charge on any atom is 0.0334 e. The van der Waals surface area contributed by atoms with Crippen LogP contribution in [0.3, 0.4) is 0 Å². The van der Waals surface area contributed by atoms with Crippen molar-refractivity contribution < 1.29 is 0 Å². The minimum Gasteiger partial charge on any atom is -0.325 e. The first-order valence-electron chi connectivity index (χ1n) is 5.03. The number of benzene rings is 1. The number of likely N-dealkylation sites (tertiary alicyclic amines) is 1. The molecule has 1 saturated heterocycles. The van der Waals surface area contributed by atoms with Gasteiger partial charge in [0.25, 0.3) is 0 Å². The Morgan fingerprint density at radius 2 is 1.64 bits per heavy atom. The van der Waals surface area contributed by atoms with Gasteiger partial charge in [0.2, 0.25) is 0 Å². The molecule has 0 spiro atoms. The van der Waals surface area contributed by atoms with Crippen LogP contribution in [-0.4, -0.2) is 30.1 Å². The summed E-state index contributed by atoms with van der Waals surface area (Å²) in [4.78, 5) is 2.31. The highest BCUT2D eigenvalue weighted by atomic mass is 15.2. The summed E-state index contributed by atoms with van der Waals surface area (Å²) in [6, 6.07) is 10.7. The smallest absolute Gasteiger partial charge is 0.0334 e. The Morgan fingerprint density at radius 3 is 2.21 bits per heavy atom. The van der Waals surface area contributed by atoms with Gasteiger partial charge in [-0.3, -0.25) is 4.90 Å². The quantitative estimate of drug-likeness (QED) is 0.700. The van der Waals surface area contributed by atoms with Crippen molar-refractivity contribution in [1.29, 1.82) is 0 Å². The lowest BCUT2D eigenvalue weighted by Crippen LogP contribution is -2.39. The summed E-state index contributed by atoms with van der Waals surface area (Å²) in [5, 5.41) is 0. The minimum absolute atomic E-state index is 0.138. The summed E-state index contributed by atoms with van der Waals surface area (Å²) in [6.45, 7) is 2.79. The van der Waals surface area contributed by atoms with E-state index in [1.807, 2.05) is 6.07 Å². The molecule has 2 rings (SSSR count). The van der Waals surface area contributed by atoms with Gasteiger partial charge >= 0.3 is 0 Å². The zero-order chi connectivity index (χ0) is 9.97. The lowest BCUT2D eigenvalue weighted by Gasteiger charge is -2.14. The van der Waals surface area contributed by atoms with E-state index in [2.05, 4.69) is 29.2 Å². The van der Waals surface area contributed by atoms with Gasteiger partial charge in [-0.1, -0.05) is 30.3 Å². The molecule has 14 heavy (non-hydrogen) atoms. The molecule has 76 valence electrons. The predicted molar refractivity (Wildman–Crippen MR) is 57.7 cm³/mol. The van der Waals surface area contributed by atoms with Crippen LogP contribution in [0.5, 0.6) is 0 Å². The van der Waals surface area contributed by atoms with Crippen LogP contribution < -0.4 is 11.5 Å². The first-order chi connectivity index (χ1) is 6.75. The van der Waals surface area contributed by atoms with Crippen molar-refractivity contribution in [2.24, 2.45) is 11.5 Å². The second-order valence-electron chi connectivity index (χ2n) is 4.01. The topological polar surface area (TPSA) is 55.3 Å². The van der Waals surface area contributed by atoms with Crippen LogP contribution >= 0.6 is 0 Å². The van der Waals surface area contributed by atoms with Crippen LogP contribution in [0.1, 0.15) is 5.56 Å². The van der Waals surface area contributed by atoms with Gasteiger partial charge in [-0.25, -0.2) is 0 Å². The maximum absolute atomic E-state index is 5.86. The molecule has 0 aliphatic carbocycles. The molecular formula is C11H17N3. The van der Waals surface area contributed by atoms with E-state index in [1.54, 1.807) is 0 Å². The van der Waals surface area contributed by atoms with Crippen LogP contribution in [0, 0.1) is 0 Å². The molecule has 0 radical (unpaired) electrons. The van der Waals surface area contributed by atoms with Crippen LogP contribution in [0.25, 0.3) is 0 Å². The Bertz CT molecular complexity index is 276. The number of hydrogen-bond donors (Lipinski definition) is 2. The molecule has 1 aromatic rings. The molecule has 1 aliphatic heterocycles. The Kier molecular flexibility index (Phi) is 2.82. The molecule has 0 aromatic heterocycles. The number of hydrogen-bond acceptors (Lipinski definition) is 3. The van der Waals surface area contributed by atoms with Crippen molar-refractivity contribution in [3.63, 3.8) is 0 Å². The summed E-state index contributed by atoms with van der Waals surface area (Å²) in [6.07, 6.45) is 0. The Labute approximate surface area is 84.7 Å². The first-order valence-corrected chi connectivity index (χ1v) is 5.03. The van der Waals surface area contributed by atoms with Gasteiger partial charge in [0.1, 0.15) is 0 Å². The Morgan fingerprint density at radius 1 is 1.07 bits per heavy atom. The highest BCUT2D eigenvalue weighted by Crippen LogP contribution is 2.11. The first kappa shape index (κ1) is 9.65. The molecule has 0 unspecified atom stereocenters. The van der Waals surface area contributed by atoms with E-state index in [9.17, 15) is 0 Å². The standard InChI is InChI=1S/C11H17N3/c12-10-7-14(8-11(10)13)6-9-4-2-1-3-5-9/h1-5,10-11H,6-8,12-13H2/t10-,11+. The van der Waals surface area contributed by atoms with E-state index in [-0.39, 0.29) is 12.1 Å². The van der Waals surface area contributed by atoms with Gasteiger partial charge in [0.15, 0.2) is 0 Å². The van der Waals surface area contributed by atoms with Gasteiger partial charge in [0.05, 0.1) is 0 Å². The van der Waals surface area contributed by atoms with Crippen LogP contribution in [0.15, 0.2) is 30.3 Å². The van der Waals surface area contributed by atoms with Crippen LogP contribution in [-0.2, 0) is 6.54 Å². The van der Waals surface area contributed by atoms with E-state index in [4.69, 9.17) is 11.5 Å². The lowest BCUT2D eigenvalue weighted by atomic mass is 10.2. The summed E-state index contributed by atoms with van der Waals surface area (Å²) in [5.41, 5.74) is 13.0. The molecule has 0 saturated carbocycles. The third-order valence-electron chi connectivity index (χ3n) is 2.74. The Balaban J connectivity index is 1.94. The molecule has 0 bridgehead atoms. The molecule has 1 fully saturated rings. The summed E-state index contributed by atoms with van der Waals surface area (Å²) >= 11 is 0. The van der Waals surface area contributed by atoms with Crippen molar-refractivity contribution in [2.75, 3.05) is 13.1 Å². The van der Waals surface area contributed by atoms with E-state index >= 15 is 0 Å². The molecule has 4 N–H and O–H groups in total. The number of nitrogens with two attached hydrogens (primary N) is 2. The van der Waals surface area contributed by atoms with E-state index < -0.39 is 0 Å². The number of nitrogens with zero attached hydrogens (tertiary/aromatic N) is 1. The Hall–Kier alpha value is -0.900. The summed E-state index contributed by atoms with van der Waals surface area (Å²) < 4.78 is 0. The van der Waals surface area contributed by atoms with Gasteiger partial charge in [-0.2, -0.15) is 0 Å². The predicted octanol–water partition coefficient (Wildman–Crippen LogP) is 0.157. The van der Waals surface area contributed by atoms with Crippen LogP contribution in [0.2, 0.25) is 0 Å². The summed E-state index contributed by atoms with van der Waals surface area (Å²) in [5.74, 6) is 0. The maximum atomic E-state index is 5.86. The van der Waals surface area contributed by atoms with Crippen molar-refractivity contribution in [2.45, 2.75) is 18.6 Å². The second-order valence-corrected chi connectivity index (χ2v) is 4.01. The zero-order valence-corrected chi connectivity index (χ0v) is 8.26. The second kappa shape index (κ2) is 4.09. The monoisotopic (exact) mass is 191 g/mol. The van der Waals surface area contributed by atoms with Gasteiger partial charge < -0.3 is 11.5 Å². The molecule has 2 atom stereocenters. The summed E-state index contributed by atoms with van der Waals surface area (Å²) in [7, 11) is 0. The molecule has 1 aliphatic rings. The lowest BCUT2D eigenvalue weighted by molar-refractivity contribution is 0.324. The molecule has 3 nitrogen and oxygen atoms in total. The van der Waals surface area contributed by atoms with Gasteiger partial charge in [-0.15, -0.1) is 0 Å². The molecule has 1 aromatic carbocycles.